The molecular formula is C14H23F2NO4. The summed E-state index contributed by atoms with van der Waals surface area (Å²) in [5.41, 5.74) is -0.791. The van der Waals surface area contributed by atoms with Gasteiger partial charge in [0.15, 0.2) is 0 Å². The molecule has 0 aromatic rings. The van der Waals surface area contributed by atoms with Crippen LogP contribution in [-0.2, 0) is 9.53 Å². The predicted octanol–water partition coefficient (Wildman–Crippen LogP) is 3.35. The Morgan fingerprint density at radius 1 is 1.33 bits per heavy atom. The predicted molar refractivity (Wildman–Crippen MR) is 74.4 cm³/mol. The molecule has 21 heavy (non-hydrogen) atoms. The minimum absolute atomic E-state index is 0.143. The molecule has 0 bridgehead atoms. The molecule has 0 aliphatic carbocycles. The molecule has 0 fully saturated rings. The van der Waals surface area contributed by atoms with Crippen molar-refractivity contribution in [3.63, 3.8) is 0 Å². The summed E-state index contributed by atoms with van der Waals surface area (Å²) in [6, 6.07) is -1.41. The third-order valence-corrected chi connectivity index (χ3v) is 2.50. The van der Waals surface area contributed by atoms with E-state index in [1.54, 1.807) is 20.8 Å². The number of halogens is 2. The number of hydrogen-bond acceptors (Lipinski definition) is 3. The molecule has 122 valence electrons. The number of carbonyl (C=O) groups excluding carboxylic acids is 1. The zero-order valence-corrected chi connectivity index (χ0v) is 12.6. The summed E-state index contributed by atoms with van der Waals surface area (Å²) in [6.45, 7) is 8.21. The van der Waals surface area contributed by atoms with Crippen molar-refractivity contribution in [3.05, 3.63) is 12.7 Å². The second-order valence-corrected chi connectivity index (χ2v) is 5.76. The van der Waals surface area contributed by atoms with Gasteiger partial charge in [-0.25, -0.2) is 18.4 Å². The Morgan fingerprint density at radius 3 is 2.33 bits per heavy atom. The first-order valence-corrected chi connectivity index (χ1v) is 6.68. The number of amides is 1. The van der Waals surface area contributed by atoms with Crippen LogP contribution in [0.4, 0.5) is 13.6 Å². The highest BCUT2D eigenvalue weighted by atomic mass is 19.3. The van der Waals surface area contributed by atoms with Crippen molar-refractivity contribution < 1.29 is 28.2 Å². The quantitative estimate of drug-likeness (QED) is 0.674. The maximum atomic E-state index is 13.5. The van der Waals surface area contributed by atoms with E-state index in [0.717, 1.165) is 0 Å². The van der Waals surface area contributed by atoms with Gasteiger partial charge in [-0.3, -0.25) is 0 Å². The van der Waals surface area contributed by atoms with Gasteiger partial charge in [0, 0.05) is 12.8 Å². The highest BCUT2D eigenvalue weighted by molar-refractivity contribution is 5.79. The summed E-state index contributed by atoms with van der Waals surface area (Å²) in [4.78, 5) is 22.5. The van der Waals surface area contributed by atoms with Crippen molar-refractivity contribution in [1.82, 2.24) is 5.32 Å². The number of allylic oxidation sites excluding steroid dienone is 1. The molecule has 0 unspecified atom stereocenters. The lowest BCUT2D eigenvalue weighted by Gasteiger charge is -2.23. The summed E-state index contributed by atoms with van der Waals surface area (Å²) in [6.07, 6.45) is -0.822. The topological polar surface area (TPSA) is 75.6 Å². The number of ether oxygens (including phenoxy) is 1. The molecule has 1 atom stereocenters. The number of nitrogens with one attached hydrogen (secondary N) is 1. The van der Waals surface area contributed by atoms with Crippen molar-refractivity contribution in [2.75, 3.05) is 0 Å². The fourth-order valence-corrected chi connectivity index (χ4v) is 1.50. The summed E-state index contributed by atoms with van der Waals surface area (Å²) in [5.74, 6) is -4.36. The maximum absolute atomic E-state index is 13.5. The van der Waals surface area contributed by atoms with E-state index in [2.05, 4.69) is 11.9 Å². The monoisotopic (exact) mass is 307 g/mol. The Hall–Kier alpha value is -1.66. The molecule has 0 spiro atoms. The van der Waals surface area contributed by atoms with E-state index in [9.17, 15) is 18.4 Å². The van der Waals surface area contributed by atoms with Crippen LogP contribution >= 0.6 is 0 Å². The van der Waals surface area contributed by atoms with Crippen molar-refractivity contribution >= 4 is 12.1 Å². The number of hydrogen-bond donors (Lipinski definition) is 2. The Morgan fingerprint density at radius 2 is 1.90 bits per heavy atom. The molecule has 0 aromatic heterocycles. The Balaban J connectivity index is 4.47. The van der Waals surface area contributed by atoms with E-state index >= 15 is 0 Å². The third kappa shape index (κ3) is 9.81. The van der Waals surface area contributed by atoms with Crippen molar-refractivity contribution in [2.24, 2.45) is 0 Å². The second-order valence-electron chi connectivity index (χ2n) is 5.76. The van der Waals surface area contributed by atoms with Crippen LogP contribution in [0.25, 0.3) is 0 Å². The molecule has 0 aliphatic rings. The molecule has 0 aromatic carbocycles. The minimum atomic E-state index is -2.99. The van der Waals surface area contributed by atoms with Crippen molar-refractivity contribution in [2.45, 2.75) is 64.0 Å². The maximum Gasteiger partial charge on any atom is 0.408 e. The minimum Gasteiger partial charge on any atom is -0.480 e. The highest BCUT2D eigenvalue weighted by Gasteiger charge is 2.32. The first-order chi connectivity index (χ1) is 9.47. The van der Waals surface area contributed by atoms with Gasteiger partial charge in [-0.15, -0.1) is 6.58 Å². The summed E-state index contributed by atoms with van der Waals surface area (Å²) < 4.78 is 31.8. The number of carboxylic acid groups (broad SMARTS) is 1. The second kappa shape index (κ2) is 7.95. The molecule has 1 amide bonds. The number of carbonyl (C=O) groups is 2. The Bertz CT molecular complexity index is 378. The third-order valence-electron chi connectivity index (χ3n) is 2.50. The van der Waals surface area contributed by atoms with Gasteiger partial charge in [-0.2, -0.15) is 0 Å². The molecule has 7 heteroatoms. The first-order valence-electron chi connectivity index (χ1n) is 6.68. The SMILES string of the molecule is C=CCCC(F)(F)CC[C@H](NC(=O)OC(C)(C)C)C(=O)O. The number of alkyl halides is 2. The largest absolute Gasteiger partial charge is 0.480 e. The van der Waals surface area contributed by atoms with Gasteiger partial charge in [0.2, 0.25) is 5.92 Å². The normalized spacial score (nSPS) is 13.4. The molecule has 0 aliphatic heterocycles. The number of alkyl carbamates (subject to hydrolysis) is 1. The van der Waals surface area contributed by atoms with Gasteiger partial charge < -0.3 is 15.2 Å². The van der Waals surface area contributed by atoms with E-state index in [-0.39, 0.29) is 12.8 Å². The van der Waals surface area contributed by atoms with Crippen LogP contribution in [0.3, 0.4) is 0 Å². The Labute approximate surface area is 123 Å². The van der Waals surface area contributed by atoms with E-state index < -0.39 is 42.5 Å². The first kappa shape index (κ1) is 19.3. The Kier molecular flexibility index (Phi) is 7.32. The number of rotatable bonds is 8. The van der Waals surface area contributed by atoms with Gasteiger partial charge in [0.05, 0.1) is 0 Å². The van der Waals surface area contributed by atoms with Gasteiger partial charge in [0.25, 0.3) is 0 Å². The molecule has 0 saturated heterocycles. The zero-order valence-electron chi connectivity index (χ0n) is 12.6. The standard InChI is InChI=1S/C14H23F2NO4/c1-5-6-8-14(15,16)9-7-10(11(18)19)17-12(20)21-13(2,3)4/h5,10H,1,6-9H2,2-4H3,(H,17,20)(H,18,19)/t10-/m0/s1. The van der Waals surface area contributed by atoms with E-state index in [0.29, 0.717) is 0 Å². The van der Waals surface area contributed by atoms with Gasteiger partial charge in [-0.1, -0.05) is 6.08 Å². The van der Waals surface area contributed by atoms with Crippen molar-refractivity contribution in [1.29, 1.82) is 0 Å². The summed E-state index contributed by atoms with van der Waals surface area (Å²) in [7, 11) is 0. The van der Waals surface area contributed by atoms with Crippen LogP contribution in [-0.4, -0.2) is 34.7 Å². The van der Waals surface area contributed by atoms with Crippen LogP contribution in [0.1, 0.15) is 46.5 Å². The fraction of sp³-hybridized carbons (Fsp3) is 0.714. The smallest absolute Gasteiger partial charge is 0.408 e. The zero-order chi connectivity index (χ0) is 16.7. The van der Waals surface area contributed by atoms with Crippen LogP contribution in [0.15, 0.2) is 12.7 Å². The van der Waals surface area contributed by atoms with E-state index in [1.807, 2.05) is 0 Å². The molecule has 0 radical (unpaired) electrons. The summed E-state index contributed by atoms with van der Waals surface area (Å²) >= 11 is 0. The van der Waals surface area contributed by atoms with E-state index in [4.69, 9.17) is 9.84 Å². The lowest BCUT2D eigenvalue weighted by Crippen LogP contribution is -2.44. The van der Waals surface area contributed by atoms with Crippen LogP contribution < -0.4 is 5.32 Å². The molecule has 5 nitrogen and oxygen atoms in total. The van der Waals surface area contributed by atoms with Gasteiger partial charge in [0.1, 0.15) is 11.6 Å². The van der Waals surface area contributed by atoms with Crippen LogP contribution in [0.2, 0.25) is 0 Å². The van der Waals surface area contributed by atoms with E-state index in [1.165, 1.54) is 6.08 Å². The lowest BCUT2D eigenvalue weighted by molar-refractivity contribution is -0.140. The van der Waals surface area contributed by atoms with Crippen LogP contribution in [0.5, 0.6) is 0 Å². The fourth-order valence-electron chi connectivity index (χ4n) is 1.50. The highest BCUT2D eigenvalue weighted by Crippen LogP contribution is 2.27. The number of carboxylic acids is 1. The molecule has 0 heterocycles. The molecule has 0 rings (SSSR count). The number of aliphatic carboxylic acids is 1. The van der Waals surface area contributed by atoms with Gasteiger partial charge in [-0.05, 0) is 33.6 Å². The average molecular weight is 307 g/mol. The van der Waals surface area contributed by atoms with Crippen molar-refractivity contribution in [3.8, 4) is 0 Å². The lowest BCUT2D eigenvalue weighted by atomic mass is 10.0. The molecule has 2 N–H and O–H groups in total. The average Bonchev–Trinajstić information content (AvgIpc) is 2.29. The molecule has 0 saturated carbocycles. The summed E-state index contributed by atoms with van der Waals surface area (Å²) in [5, 5.41) is 11.0. The van der Waals surface area contributed by atoms with Gasteiger partial charge >= 0.3 is 12.1 Å². The molecular weight excluding hydrogens is 284 g/mol. The van der Waals surface area contributed by atoms with Crippen LogP contribution in [0, 0.1) is 0 Å².